The minimum Gasteiger partial charge on any atom is -0.497 e. The number of carbonyl (C=O) groups is 1. The van der Waals surface area contributed by atoms with Gasteiger partial charge in [0, 0.05) is 18.7 Å². The molecular weight excluding hydrogens is 448 g/mol. The lowest BCUT2D eigenvalue weighted by atomic mass is 10.0. The number of para-hydroxylation sites is 1. The molecule has 34 heavy (non-hydrogen) atoms. The molecule has 0 spiro atoms. The monoisotopic (exact) mass is 476 g/mol. The number of sulfonamides is 1. The summed E-state index contributed by atoms with van der Waals surface area (Å²) in [6.07, 6.45) is 3.50. The summed E-state index contributed by atoms with van der Waals surface area (Å²) in [4.78, 5) is 15.4. The number of nitrogens with zero attached hydrogens (tertiary/aromatic N) is 2. The third kappa shape index (κ3) is 4.05. The molecule has 2 aliphatic heterocycles. The molecule has 5 rings (SSSR count). The molecule has 0 aliphatic carbocycles. The molecule has 2 heterocycles. The van der Waals surface area contributed by atoms with Crippen LogP contribution in [0, 0.1) is 0 Å². The van der Waals surface area contributed by atoms with Gasteiger partial charge in [-0.1, -0.05) is 30.3 Å². The van der Waals surface area contributed by atoms with Crippen LogP contribution in [0.15, 0.2) is 77.7 Å². The number of methoxy groups -OCH3 is 1. The van der Waals surface area contributed by atoms with Crippen molar-refractivity contribution in [3.05, 3.63) is 89.5 Å². The minimum absolute atomic E-state index is 0.00617. The van der Waals surface area contributed by atoms with E-state index in [1.165, 1.54) is 4.31 Å². The van der Waals surface area contributed by atoms with E-state index < -0.39 is 10.0 Å². The number of benzene rings is 3. The predicted octanol–water partition coefficient (Wildman–Crippen LogP) is 4.81. The summed E-state index contributed by atoms with van der Waals surface area (Å²) in [6.45, 7) is 1.14. The summed E-state index contributed by atoms with van der Waals surface area (Å²) in [5, 5.41) is 0. The Morgan fingerprint density at radius 2 is 1.65 bits per heavy atom. The lowest BCUT2D eigenvalue weighted by molar-refractivity contribution is 0.0735. The number of anilines is 1. The Labute approximate surface area is 200 Å². The molecule has 1 amide bonds. The molecule has 6 nitrogen and oxygen atoms in total. The first-order chi connectivity index (χ1) is 16.5. The Morgan fingerprint density at radius 3 is 2.38 bits per heavy atom. The largest absolute Gasteiger partial charge is 0.497 e. The molecule has 0 N–H and O–H groups in total. The third-order valence-corrected chi connectivity index (χ3v) is 8.60. The Kier molecular flexibility index (Phi) is 6.04. The zero-order valence-corrected chi connectivity index (χ0v) is 20.0. The van der Waals surface area contributed by atoms with Gasteiger partial charge in [-0.05, 0) is 79.3 Å². The number of aryl methyl sites for hydroxylation is 1. The van der Waals surface area contributed by atoms with Gasteiger partial charge in [0.1, 0.15) is 5.75 Å². The van der Waals surface area contributed by atoms with Crippen molar-refractivity contribution in [1.82, 2.24) is 4.90 Å². The van der Waals surface area contributed by atoms with Gasteiger partial charge in [0.2, 0.25) is 0 Å². The maximum atomic E-state index is 13.4. The van der Waals surface area contributed by atoms with E-state index in [1.807, 2.05) is 53.4 Å². The highest BCUT2D eigenvalue weighted by molar-refractivity contribution is 7.92. The van der Waals surface area contributed by atoms with Crippen molar-refractivity contribution in [2.24, 2.45) is 0 Å². The van der Waals surface area contributed by atoms with Crippen molar-refractivity contribution in [3.63, 3.8) is 0 Å². The van der Waals surface area contributed by atoms with Crippen LogP contribution in [0.4, 0.5) is 5.69 Å². The van der Waals surface area contributed by atoms with Crippen LogP contribution in [0.3, 0.4) is 0 Å². The highest BCUT2D eigenvalue weighted by Gasteiger charge is 2.32. The fraction of sp³-hybridized carbons (Fsp3) is 0.296. The van der Waals surface area contributed by atoms with Gasteiger partial charge in [-0.25, -0.2) is 8.42 Å². The van der Waals surface area contributed by atoms with Crippen molar-refractivity contribution >= 4 is 21.6 Å². The number of rotatable bonds is 5. The van der Waals surface area contributed by atoms with E-state index in [2.05, 4.69) is 0 Å². The van der Waals surface area contributed by atoms with E-state index in [-0.39, 0.29) is 16.8 Å². The van der Waals surface area contributed by atoms with Crippen molar-refractivity contribution in [1.29, 1.82) is 0 Å². The van der Waals surface area contributed by atoms with Crippen LogP contribution in [0.25, 0.3) is 0 Å². The molecule has 176 valence electrons. The fourth-order valence-electron chi connectivity index (χ4n) is 4.99. The number of amides is 1. The topological polar surface area (TPSA) is 66.9 Å². The Bertz CT molecular complexity index is 1290. The number of hydrogen-bond donors (Lipinski definition) is 0. The first kappa shape index (κ1) is 22.5. The molecule has 0 saturated carbocycles. The van der Waals surface area contributed by atoms with Gasteiger partial charge in [-0.3, -0.25) is 9.10 Å². The van der Waals surface area contributed by atoms with Crippen LogP contribution < -0.4 is 9.04 Å². The molecule has 3 aromatic rings. The normalized spacial score (nSPS) is 18.0. The van der Waals surface area contributed by atoms with Crippen LogP contribution in [0.1, 0.15) is 46.8 Å². The number of fused-ring (bicyclic) bond motifs is 1. The summed E-state index contributed by atoms with van der Waals surface area (Å²) in [5.74, 6) is 0.707. The van der Waals surface area contributed by atoms with Gasteiger partial charge < -0.3 is 9.64 Å². The van der Waals surface area contributed by atoms with Crippen LogP contribution in [0.5, 0.6) is 5.75 Å². The molecular formula is C27H28N2O4S. The molecule has 7 heteroatoms. The van der Waals surface area contributed by atoms with Gasteiger partial charge in [0.05, 0.1) is 23.7 Å². The quantitative estimate of drug-likeness (QED) is 0.530. The number of likely N-dealkylation sites (tertiary alicyclic amines) is 1. The fourth-order valence-corrected chi connectivity index (χ4v) is 6.53. The van der Waals surface area contributed by atoms with Gasteiger partial charge >= 0.3 is 0 Å². The van der Waals surface area contributed by atoms with E-state index in [0.717, 1.165) is 48.2 Å². The maximum Gasteiger partial charge on any atom is 0.264 e. The summed E-state index contributed by atoms with van der Waals surface area (Å²) >= 11 is 0. The zero-order valence-electron chi connectivity index (χ0n) is 19.2. The second-order valence-corrected chi connectivity index (χ2v) is 10.6. The molecule has 1 saturated heterocycles. The first-order valence-corrected chi connectivity index (χ1v) is 13.1. The molecule has 2 aliphatic rings. The standard InChI is InChI=1S/C27H28N2O4S/c1-33-23-14-10-21(11-15-23)25-9-5-18-28(25)27(30)22-12-16-24(17-13-22)34(31,32)29-19-4-7-20-6-2-3-8-26(20)29/h2-3,6,8,10-17,25H,4-5,7,9,18-19H2,1H3. The Morgan fingerprint density at radius 1 is 0.912 bits per heavy atom. The smallest absolute Gasteiger partial charge is 0.264 e. The van der Waals surface area contributed by atoms with Gasteiger partial charge in [0.25, 0.3) is 15.9 Å². The molecule has 3 aromatic carbocycles. The molecule has 1 unspecified atom stereocenters. The summed E-state index contributed by atoms with van der Waals surface area (Å²) < 4.78 is 33.5. The van der Waals surface area contributed by atoms with Crippen molar-refractivity contribution in [3.8, 4) is 5.75 Å². The highest BCUT2D eigenvalue weighted by atomic mass is 32.2. The second-order valence-electron chi connectivity index (χ2n) is 8.76. The SMILES string of the molecule is COc1ccc(C2CCCN2C(=O)c2ccc(S(=O)(=O)N3CCCc4ccccc43)cc2)cc1. The predicted molar refractivity (Wildman–Crippen MR) is 132 cm³/mol. The molecule has 0 aromatic heterocycles. The number of carbonyl (C=O) groups excluding carboxylic acids is 1. The van der Waals surface area contributed by atoms with Crippen LogP contribution >= 0.6 is 0 Å². The summed E-state index contributed by atoms with van der Waals surface area (Å²) in [5.41, 5.74) is 3.36. The van der Waals surface area contributed by atoms with Crippen molar-refractivity contribution in [2.45, 2.75) is 36.6 Å². The lowest BCUT2D eigenvalue weighted by Crippen LogP contribution is -2.35. The van der Waals surface area contributed by atoms with Gasteiger partial charge in [0.15, 0.2) is 0 Å². The van der Waals surface area contributed by atoms with E-state index >= 15 is 0 Å². The first-order valence-electron chi connectivity index (χ1n) is 11.6. The lowest BCUT2D eigenvalue weighted by Gasteiger charge is -2.30. The van der Waals surface area contributed by atoms with Crippen LogP contribution in [-0.2, 0) is 16.4 Å². The van der Waals surface area contributed by atoms with E-state index in [9.17, 15) is 13.2 Å². The second kappa shape index (κ2) is 9.14. The van der Waals surface area contributed by atoms with Crippen molar-refractivity contribution < 1.29 is 17.9 Å². The Hall–Kier alpha value is -3.32. The van der Waals surface area contributed by atoms with Crippen LogP contribution in [-0.4, -0.2) is 39.4 Å². The highest BCUT2D eigenvalue weighted by Crippen LogP contribution is 2.35. The summed E-state index contributed by atoms with van der Waals surface area (Å²) in [6, 6.07) is 21.8. The third-order valence-electron chi connectivity index (χ3n) is 6.77. The average Bonchev–Trinajstić information content (AvgIpc) is 3.38. The molecule has 0 radical (unpaired) electrons. The van der Waals surface area contributed by atoms with E-state index in [0.29, 0.717) is 18.7 Å². The van der Waals surface area contributed by atoms with E-state index in [1.54, 1.807) is 31.4 Å². The number of hydrogen-bond acceptors (Lipinski definition) is 4. The van der Waals surface area contributed by atoms with Crippen molar-refractivity contribution in [2.75, 3.05) is 24.5 Å². The van der Waals surface area contributed by atoms with Gasteiger partial charge in [-0.15, -0.1) is 0 Å². The Balaban J connectivity index is 1.37. The average molecular weight is 477 g/mol. The van der Waals surface area contributed by atoms with Gasteiger partial charge in [-0.2, -0.15) is 0 Å². The minimum atomic E-state index is -3.70. The molecule has 0 bridgehead atoms. The maximum absolute atomic E-state index is 13.4. The zero-order chi connectivity index (χ0) is 23.7. The summed E-state index contributed by atoms with van der Waals surface area (Å²) in [7, 11) is -2.07. The molecule has 1 fully saturated rings. The van der Waals surface area contributed by atoms with E-state index in [4.69, 9.17) is 4.74 Å². The molecule has 1 atom stereocenters. The number of ether oxygens (including phenoxy) is 1. The van der Waals surface area contributed by atoms with Crippen LogP contribution in [0.2, 0.25) is 0 Å².